The van der Waals surface area contributed by atoms with E-state index in [1.54, 1.807) is 0 Å². The van der Waals surface area contributed by atoms with Crippen LogP contribution < -0.4 is 15.4 Å². The number of aliphatic imine (C=N–C) groups is 1. The summed E-state index contributed by atoms with van der Waals surface area (Å²) in [6.45, 7) is 8.99. The highest BCUT2D eigenvalue weighted by molar-refractivity contribution is 5.79. The lowest BCUT2D eigenvalue weighted by atomic mass is 10.2. The molecule has 7 heteroatoms. The molecule has 1 aromatic heterocycles. The molecule has 1 saturated carbocycles. The highest BCUT2D eigenvalue weighted by Gasteiger charge is 2.22. The second-order valence-electron chi connectivity index (χ2n) is 7.44. The van der Waals surface area contributed by atoms with E-state index in [9.17, 15) is 0 Å². The van der Waals surface area contributed by atoms with Gasteiger partial charge < -0.3 is 19.9 Å². The first-order chi connectivity index (χ1) is 13.7. The molecule has 2 N–H and O–H groups in total. The zero-order valence-corrected chi connectivity index (χ0v) is 17.1. The summed E-state index contributed by atoms with van der Waals surface area (Å²) in [5, 5.41) is 10.6. The summed E-state index contributed by atoms with van der Waals surface area (Å²) < 4.78 is 11.3. The van der Waals surface area contributed by atoms with Crippen molar-refractivity contribution >= 4 is 5.96 Å². The quantitative estimate of drug-likeness (QED) is 0.482. The van der Waals surface area contributed by atoms with Gasteiger partial charge in [0.05, 0.1) is 13.2 Å². The van der Waals surface area contributed by atoms with E-state index in [0.717, 1.165) is 42.2 Å². The first kappa shape index (κ1) is 20.2. The van der Waals surface area contributed by atoms with Gasteiger partial charge >= 0.3 is 0 Å². The van der Waals surface area contributed by atoms with Gasteiger partial charge in [-0.2, -0.15) is 4.98 Å². The molecule has 28 heavy (non-hydrogen) atoms. The molecule has 0 spiro atoms. The van der Waals surface area contributed by atoms with E-state index < -0.39 is 0 Å². The number of aromatic nitrogens is 2. The van der Waals surface area contributed by atoms with Crippen LogP contribution in [0.15, 0.2) is 33.8 Å². The van der Waals surface area contributed by atoms with E-state index in [-0.39, 0.29) is 5.92 Å². The minimum absolute atomic E-state index is 0.270. The molecular formula is C21H31N5O2. The van der Waals surface area contributed by atoms with Gasteiger partial charge in [0.15, 0.2) is 11.8 Å². The summed E-state index contributed by atoms with van der Waals surface area (Å²) in [5.74, 6) is 4.09. The second-order valence-corrected chi connectivity index (χ2v) is 7.44. The van der Waals surface area contributed by atoms with Crippen LogP contribution in [0.2, 0.25) is 0 Å². The van der Waals surface area contributed by atoms with Crippen molar-refractivity contribution in [3.8, 4) is 5.75 Å². The Morgan fingerprint density at radius 1 is 1.29 bits per heavy atom. The molecule has 0 saturated heterocycles. The Morgan fingerprint density at radius 2 is 2.11 bits per heavy atom. The Balaban J connectivity index is 1.53. The molecular weight excluding hydrogens is 354 g/mol. The number of nitrogens with zero attached hydrogens (tertiary/aromatic N) is 3. The molecule has 0 atom stereocenters. The average Bonchev–Trinajstić information content (AvgIpc) is 3.40. The zero-order chi connectivity index (χ0) is 19.8. The van der Waals surface area contributed by atoms with Crippen LogP contribution in [0.1, 0.15) is 56.8 Å². The summed E-state index contributed by atoms with van der Waals surface area (Å²) >= 11 is 0. The second kappa shape index (κ2) is 10.1. The maximum atomic E-state index is 5.98. The van der Waals surface area contributed by atoms with Crippen LogP contribution in [0.3, 0.4) is 0 Å². The normalized spacial score (nSPS) is 14.4. The van der Waals surface area contributed by atoms with E-state index in [1.807, 2.05) is 18.2 Å². The van der Waals surface area contributed by atoms with Gasteiger partial charge in [-0.05, 0) is 31.7 Å². The van der Waals surface area contributed by atoms with Gasteiger partial charge in [-0.15, -0.1) is 0 Å². The standard InChI is InChI=1S/C21H31N5O2/c1-4-22-21(23-12-11-19-25-20(15(2)3)26-28-19)24-13-17-7-5-6-8-18(17)27-14-16-9-10-16/h5-8,15-16H,4,9-14H2,1-3H3,(H2,22,23,24). The number of benzene rings is 1. The number of para-hydroxylation sites is 1. The molecule has 1 aliphatic rings. The van der Waals surface area contributed by atoms with Crippen LogP contribution in [0.4, 0.5) is 0 Å². The number of ether oxygens (including phenoxy) is 1. The average molecular weight is 386 g/mol. The van der Waals surface area contributed by atoms with E-state index in [2.05, 4.69) is 47.6 Å². The van der Waals surface area contributed by atoms with Gasteiger partial charge in [0.2, 0.25) is 5.89 Å². The minimum Gasteiger partial charge on any atom is -0.493 e. The fourth-order valence-electron chi connectivity index (χ4n) is 2.67. The summed E-state index contributed by atoms with van der Waals surface area (Å²) in [6.07, 6.45) is 3.23. The summed E-state index contributed by atoms with van der Waals surface area (Å²) in [5.41, 5.74) is 1.10. The lowest BCUT2D eigenvalue weighted by Gasteiger charge is -2.12. The Hall–Kier alpha value is -2.57. The molecule has 0 amide bonds. The van der Waals surface area contributed by atoms with Crippen molar-refractivity contribution in [1.82, 2.24) is 20.8 Å². The zero-order valence-electron chi connectivity index (χ0n) is 17.1. The third-order valence-corrected chi connectivity index (χ3v) is 4.53. The van der Waals surface area contributed by atoms with Crippen LogP contribution in [-0.2, 0) is 13.0 Å². The number of guanidine groups is 1. The molecule has 0 bridgehead atoms. The number of hydrogen-bond donors (Lipinski definition) is 2. The third-order valence-electron chi connectivity index (χ3n) is 4.53. The molecule has 2 aromatic rings. The minimum atomic E-state index is 0.270. The van der Waals surface area contributed by atoms with Gasteiger partial charge in [0.1, 0.15) is 5.75 Å². The Bertz CT molecular complexity index is 768. The van der Waals surface area contributed by atoms with Crippen LogP contribution in [0.25, 0.3) is 0 Å². The van der Waals surface area contributed by atoms with Crippen LogP contribution in [-0.4, -0.2) is 35.8 Å². The molecule has 0 aliphatic heterocycles. The predicted octanol–water partition coefficient (Wildman–Crippen LogP) is 3.28. The molecule has 0 radical (unpaired) electrons. The van der Waals surface area contributed by atoms with Crippen LogP contribution in [0.5, 0.6) is 5.75 Å². The van der Waals surface area contributed by atoms with Crippen molar-refractivity contribution in [3.05, 3.63) is 41.5 Å². The lowest BCUT2D eigenvalue weighted by molar-refractivity contribution is 0.297. The maximum Gasteiger partial charge on any atom is 0.228 e. The predicted molar refractivity (Wildman–Crippen MR) is 110 cm³/mol. The van der Waals surface area contributed by atoms with Crippen LogP contribution in [0, 0.1) is 5.92 Å². The molecule has 1 aliphatic carbocycles. The van der Waals surface area contributed by atoms with E-state index in [4.69, 9.17) is 14.3 Å². The molecule has 152 valence electrons. The van der Waals surface area contributed by atoms with Gasteiger partial charge in [0, 0.05) is 31.0 Å². The summed E-state index contributed by atoms with van der Waals surface area (Å²) in [4.78, 5) is 9.10. The summed E-state index contributed by atoms with van der Waals surface area (Å²) in [6, 6.07) is 8.13. The fourth-order valence-corrected chi connectivity index (χ4v) is 2.67. The van der Waals surface area contributed by atoms with Crippen molar-refractivity contribution in [3.63, 3.8) is 0 Å². The van der Waals surface area contributed by atoms with Crippen molar-refractivity contribution < 1.29 is 9.26 Å². The SMILES string of the molecule is CCNC(=NCc1ccccc1OCC1CC1)NCCc1nc(C(C)C)no1. The Labute approximate surface area is 167 Å². The Kier molecular flexibility index (Phi) is 7.28. The van der Waals surface area contributed by atoms with E-state index in [1.165, 1.54) is 12.8 Å². The Morgan fingerprint density at radius 3 is 2.82 bits per heavy atom. The molecule has 1 heterocycles. The van der Waals surface area contributed by atoms with Crippen molar-refractivity contribution in [1.29, 1.82) is 0 Å². The van der Waals surface area contributed by atoms with Crippen molar-refractivity contribution in [2.24, 2.45) is 10.9 Å². The topological polar surface area (TPSA) is 84.6 Å². The van der Waals surface area contributed by atoms with E-state index in [0.29, 0.717) is 25.4 Å². The number of hydrogen-bond acceptors (Lipinski definition) is 5. The van der Waals surface area contributed by atoms with Gasteiger partial charge in [0.25, 0.3) is 0 Å². The monoisotopic (exact) mass is 385 g/mol. The van der Waals surface area contributed by atoms with E-state index >= 15 is 0 Å². The van der Waals surface area contributed by atoms with Gasteiger partial charge in [-0.1, -0.05) is 37.2 Å². The van der Waals surface area contributed by atoms with Crippen molar-refractivity contribution in [2.75, 3.05) is 19.7 Å². The number of rotatable bonds is 10. The molecule has 7 nitrogen and oxygen atoms in total. The fraction of sp³-hybridized carbons (Fsp3) is 0.571. The first-order valence-corrected chi connectivity index (χ1v) is 10.2. The molecule has 3 rings (SSSR count). The lowest BCUT2D eigenvalue weighted by Crippen LogP contribution is -2.38. The molecule has 1 fully saturated rings. The third kappa shape index (κ3) is 6.25. The molecule has 1 aromatic carbocycles. The largest absolute Gasteiger partial charge is 0.493 e. The highest BCUT2D eigenvalue weighted by Crippen LogP contribution is 2.30. The highest BCUT2D eigenvalue weighted by atomic mass is 16.5. The van der Waals surface area contributed by atoms with Gasteiger partial charge in [-0.25, -0.2) is 4.99 Å². The smallest absolute Gasteiger partial charge is 0.228 e. The maximum absolute atomic E-state index is 5.98. The van der Waals surface area contributed by atoms with Gasteiger partial charge in [-0.3, -0.25) is 0 Å². The van der Waals surface area contributed by atoms with Crippen LogP contribution >= 0.6 is 0 Å². The summed E-state index contributed by atoms with van der Waals surface area (Å²) in [7, 11) is 0. The van der Waals surface area contributed by atoms with Crippen molar-refractivity contribution in [2.45, 2.75) is 52.5 Å². The first-order valence-electron chi connectivity index (χ1n) is 10.2. The molecule has 0 unspecified atom stereocenters. The number of nitrogens with one attached hydrogen (secondary N) is 2.